The summed E-state index contributed by atoms with van der Waals surface area (Å²) in [5, 5.41) is 4.90. The van der Waals surface area contributed by atoms with Crippen molar-refractivity contribution in [2.24, 2.45) is 5.73 Å². The number of carbonyl (C=O) groups excluding carboxylic acids is 1. The quantitative estimate of drug-likeness (QED) is 0.451. The summed E-state index contributed by atoms with van der Waals surface area (Å²) < 4.78 is 23.6. The minimum Gasteiger partial charge on any atom is -0.372 e. The number of ether oxygens (including phenoxy) is 1. The van der Waals surface area contributed by atoms with Gasteiger partial charge in [-0.1, -0.05) is 13.8 Å². The number of carbonyl (C=O) groups is 1. The predicted octanol–water partition coefficient (Wildman–Crippen LogP) is 2.17. The Kier molecular flexibility index (Phi) is 5.19. The first-order valence-electron chi connectivity index (χ1n) is 11.8. The lowest BCUT2D eigenvalue weighted by Crippen LogP contribution is -2.49. The highest BCUT2D eigenvalue weighted by Crippen LogP contribution is 2.41. The molecule has 10 nitrogen and oxygen atoms in total. The monoisotopic (exact) mass is 478 g/mol. The summed E-state index contributed by atoms with van der Waals surface area (Å²) in [6.45, 7) is 7.70. The van der Waals surface area contributed by atoms with Gasteiger partial charge in [-0.25, -0.2) is 18.9 Å². The van der Waals surface area contributed by atoms with Gasteiger partial charge in [0.05, 0.1) is 37.2 Å². The lowest BCUT2D eigenvalue weighted by Gasteiger charge is -2.34. The van der Waals surface area contributed by atoms with E-state index in [1.165, 1.54) is 6.33 Å². The fraction of sp³-hybridized carbons (Fsp3) is 0.417. The lowest BCUT2D eigenvalue weighted by atomic mass is 9.94. The molecule has 0 atom stereocenters. The zero-order chi connectivity index (χ0) is 24.3. The molecular weight excluding hydrogens is 451 g/mol. The number of piperazine rings is 1. The average Bonchev–Trinajstić information content (AvgIpc) is 3.56. The van der Waals surface area contributed by atoms with Crippen molar-refractivity contribution >= 4 is 28.3 Å². The van der Waals surface area contributed by atoms with Gasteiger partial charge < -0.3 is 20.4 Å². The second-order valence-corrected chi connectivity index (χ2v) is 9.50. The number of hydrogen-bond donors (Lipinski definition) is 2. The molecule has 1 fully saturated rings. The van der Waals surface area contributed by atoms with Crippen LogP contribution in [0.3, 0.4) is 0 Å². The molecule has 35 heavy (non-hydrogen) atoms. The Morgan fingerprint density at radius 3 is 2.71 bits per heavy atom. The molecule has 4 aromatic rings. The highest BCUT2D eigenvalue weighted by Gasteiger charge is 2.29. The molecule has 0 radical (unpaired) electrons. The van der Waals surface area contributed by atoms with E-state index in [9.17, 15) is 4.79 Å². The standard InChI is InChI=1S/C24H27FN8O2/c1-13(2)19-20-17(7-27-24(21(20)25)32-5-3-31(4-6-32)9-18(26)34)30-22(19)14-8-33-23(28-12-29-33)16-11-35-10-15(14)16/h7-8,12-13,30H,3-6,9-11H2,1-2H3,(H2,26,34). The summed E-state index contributed by atoms with van der Waals surface area (Å²) in [5.74, 6) is -0.289. The van der Waals surface area contributed by atoms with E-state index in [0.29, 0.717) is 56.1 Å². The first-order valence-corrected chi connectivity index (χ1v) is 11.8. The molecule has 0 aromatic carbocycles. The van der Waals surface area contributed by atoms with E-state index in [1.54, 1.807) is 10.7 Å². The van der Waals surface area contributed by atoms with Crippen LogP contribution < -0.4 is 10.6 Å². The lowest BCUT2D eigenvalue weighted by molar-refractivity contribution is -0.119. The van der Waals surface area contributed by atoms with E-state index in [2.05, 4.69) is 33.9 Å². The van der Waals surface area contributed by atoms with Crippen LogP contribution in [0.2, 0.25) is 0 Å². The number of aromatic amines is 1. The Labute approximate surface area is 200 Å². The van der Waals surface area contributed by atoms with Crippen LogP contribution in [-0.2, 0) is 22.7 Å². The van der Waals surface area contributed by atoms with E-state index in [0.717, 1.165) is 33.6 Å². The number of nitrogens with two attached hydrogens (primary N) is 1. The van der Waals surface area contributed by atoms with Crippen LogP contribution in [0.1, 0.15) is 36.5 Å². The van der Waals surface area contributed by atoms with E-state index >= 15 is 4.39 Å². The van der Waals surface area contributed by atoms with Crippen molar-refractivity contribution in [3.05, 3.63) is 41.2 Å². The SMILES string of the molecule is CC(C)c1c(-c2cn3ncnc3c3c2COC3)[nH]c2cnc(N3CCN(CC(N)=O)CC3)c(F)c12. The molecule has 182 valence electrons. The minimum absolute atomic E-state index is 0.0559. The Balaban J connectivity index is 1.46. The third kappa shape index (κ3) is 3.53. The number of primary amides is 1. The molecule has 1 saturated heterocycles. The van der Waals surface area contributed by atoms with Gasteiger partial charge in [0.1, 0.15) is 6.33 Å². The van der Waals surface area contributed by atoms with Crippen molar-refractivity contribution in [2.75, 3.05) is 37.6 Å². The molecule has 6 rings (SSSR count). The number of nitrogens with zero attached hydrogens (tertiary/aromatic N) is 6. The summed E-state index contributed by atoms with van der Waals surface area (Å²) in [5.41, 5.74) is 11.5. The topological polar surface area (TPSA) is 118 Å². The van der Waals surface area contributed by atoms with Crippen LogP contribution in [0.15, 0.2) is 18.7 Å². The summed E-state index contributed by atoms with van der Waals surface area (Å²) in [6.07, 6.45) is 5.19. The van der Waals surface area contributed by atoms with E-state index < -0.39 is 0 Å². The average molecular weight is 479 g/mol. The summed E-state index contributed by atoms with van der Waals surface area (Å²) in [6, 6.07) is 0. The highest BCUT2D eigenvalue weighted by atomic mass is 19.1. The predicted molar refractivity (Wildman–Crippen MR) is 128 cm³/mol. The number of halogens is 1. The summed E-state index contributed by atoms with van der Waals surface area (Å²) in [7, 11) is 0. The molecule has 6 heterocycles. The number of hydrogen-bond acceptors (Lipinski definition) is 7. The number of anilines is 1. The molecule has 2 aliphatic heterocycles. The summed E-state index contributed by atoms with van der Waals surface area (Å²) >= 11 is 0. The van der Waals surface area contributed by atoms with Gasteiger partial charge in [-0.15, -0.1) is 0 Å². The van der Waals surface area contributed by atoms with Gasteiger partial charge in [0.25, 0.3) is 0 Å². The molecule has 0 bridgehead atoms. The number of amides is 1. The van der Waals surface area contributed by atoms with Crippen LogP contribution in [0.4, 0.5) is 10.2 Å². The van der Waals surface area contributed by atoms with Gasteiger partial charge in [0, 0.05) is 48.9 Å². The molecule has 3 N–H and O–H groups in total. The maximum Gasteiger partial charge on any atom is 0.231 e. The molecule has 2 aliphatic rings. The van der Waals surface area contributed by atoms with Gasteiger partial charge in [-0.2, -0.15) is 5.10 Å². The molecule has 0 aliphatic carbocycles. The van der Waals surface area contributed by atoms with Crippen molar-refractivity contribution in [3.8, 4) is 11.3 Å². The van der Waals surface area contributed by atoms with Gasteiger partial charge in [-0.3, -0.25) is 9.69 Å². The largest absolute Gasteiger partial charge is 0.372 e. The second kappa shape index (κ2) is 8.28. The first-order chi connectivity index (χ1) is 16.9. The number of rotatable bonds is 5. The Morgan fingerprint density at radius 2 is 1.97 bits per heavy atom. The molecule has 0 unspecified atom stereocenters. The van der Waals surface area contributed by atoms with Crippen molar-refractivity contribution in [3.63, 3.8) is 0 Å². The van der Waals surface area contributed by atoms with E-state index in [1.807, 2.05) is 16.0 Å². The number of nitrogens with one attached hydrogen (secondary N) is 1. The maximum atomic E-state index is 16.1. The van der Waals surface area contributed by atoms with Crippen molar-refractivity contribution in [1.29, 1.82) is 0 Å². The third-order valence-corrected chi connectivity index (χ3v) is 6.97. The molecule has 0 saturated carbocycles. The first kappa shape index (κ1) is 21.9. The minimum atomic E-state index is -0.355. The molecule has 1 amide bonds. The van der Waals surface area contributed by atoms with Crippen LogP contribution in [0, 0.1) is 5.82 Å². The number of fused-ring (bicyclic) bond motifs is 4. The van der Waals surface area contributed by atoms with E-state index in [-0.39, 0.29) is 24.2 Å². The Bertz CT molecular complexity index is 1450. The number of pyridine rings is 2. The second-order valence-electron chi connectivity index (χ2n) is 9.50. The fourth-order valence-electron chi connectivity index (χ4n) is 5.36. The number of H-pyrrole nitrogens is 1. The maximum absolute atomic E-state index is 16.1. The zero-order valence-corrected chi connectivity index (χ0v) is 19.7. The number of aromatic nitrogens is 5. The molecule has 11 heteroatoms. The van der Waals surface area contributed by atoms with Gasteiger partial charge in [0.2, 0.25) is 5.91 Å². The van der Waals surface area contributed by atoms with Crippen LogP contribution in [0.25, 0.3) is 27.8 Å². The normalized spacial score (nSPS) is 16.6. The van der Waals surface area contributed by atoms with Crippen molar-refractivity contribution in [2.45, 2.75) is 33.0 Å². The highest BCUT2D eigenvalue weighted by molar-refractivity contribution is 5.94. The van der Waals surface area contributed by atoms with Crippen LogP contribution in [-0.4, -0.2) is 68.1 Å². The molecular formula is C24H27FN8O2. The van der Waals surface area contributed by atoms with Crippen LogP contribution >= 0.6 is 0 Å². The van der Waals surface area contributed by atoms with E-state index in [4.69, 9.17) is 10.5 Å². The van der Waals surface area contributed by atoms with Gasteiger partial charge in [-0.05, 0) is 17.0 Å². The fourth-order valence-corrected chi connectivity index (χ4v) is 5.36. The van der Waals surface area contributed by atoms with Gasteiger partial charge >= 0.3 is 0 Å². The van der Waals surface area contributed by atoms with Crippen LogP contribution in [0.5, 0.6) is 0 Å². The Hall–Kier alpha value is -3.57. The van der Waals surface area contributed by atoms with Crippen molar-refractivity contribution < 1.29 is 13.9 Å². The molecule has 0 spiro atoms. The Morgan fingerprint density at radius 1 is 1.20 bits per heavy atom. The summed E-state index contributed by atoms with van der Waals surface area (Å²) in [4.78, 5) is 27.5. The smallest absolute Gasteiger partial charge is 0.231 e. The van der Waals surface area contributed by atoms with Crippen molar-refractivity contribution in [1.82, 2.24) is 29.5 Å². The van der Waals surface area contributed by atoms with Gasteiger partial charge in [0.15, 0.2) is 17.3 Å². The third-order valence-electron chi connectivity index (χ3n) is 6.97. The molecule has 4 aromatic heterocycles. The zero-order valence-electron chi connectivity index (χ0n) is 19.7.